The molecule has 0 atom stereocenters. The molecule has 0 bridgehead atoms. The number of nitrogens with one attached hydrogen (secondary N) is 1. The fraction of sp³-hybridized carbons (Fsp3) is 0.200. The topological polar surface area (TPSA) is 61.7 Å². The van der Waals surface area contributed by atoms with Gasteiger partial charge in [-0.25, -0.2) is 0 Å². The third-order valence-electron chi connectivity index (χ3n) is 4.07. The summed E-state index contributed by atoms with van der Waals surface area (Å²) in [6.07, 6.45) is 3.89. The molecule has 0 fully saturated rings. The van der Waals surface area contributed by atoms with Crippen LogP contribution in [0.5, 0.6) is 0 Å². The molecule has 0 unspecified atom stereocenters. The molecule has 1 aliphatic rings. The van der Waals surface area contributed by atoms with E-state index in [0.717, 1.165) is 23.2 Å². The summed E-state index contributed by atoms with van der Waals surface area (Å²) in [7, 11) is 0. The van der Waals surface area contributed by atoms with Gasteiger partial charge in [0.05, 0.1) is 6.21 Å². The van der Waals surface area contributed by atoms with Crippen LogP contribution in [0.3, 0.4) is 0 Å². The van der Waals surface area contributed by atoms with Crippen LogP contribution in [0.4, 0.5) is 0 Å². The fourth-order valence-corrected chi connectivity index (χ4v) is 3.03. The molecule has 1 heterocycles. The van der Waals surface area contributed by atoms with Gasteiger partial charge in [0.1, 0.15) is 0 Å². The van der Waals surface area contributed by atoms with E-state index in [0.29, 0.717) is 5.56 Å². The van der Waals surface area contributed by atoms with Crippen LogP contribution in [0, 0.1) is 0 Å². The molecule has 3 rings (SSSR count). The zero-order valence-corrected chi connectivity index (χ0v) is 13.8. The molecule has 0 amide bonds. The summed E-state index contributed by atoms with van der Waals surface area (Å²) >= 11 is 0. The van der Waals surface area contributed by atoms with Crippen LogP contribution in [0.25, 0.3) is 5.70 Å². The molecule has 2 aromatic rings. The van der Waals surface area contributed by atoms with Crippen molar-refractivity contribution in [3.8, 4) is 0 Å². The molecule has 0 aromatic heterocycles. The van der Waals surface area contributed by atoms with Crippen LogP contribution in [0.2, 0.25) is 0 Å². The minimum atomic E-state index is -0.137. The van der Waals surface area contributed by atoms with E-state index < -0.39 is 0 Å². The van der Waals surface area contributed by atoms with Gasteiger partial charge in [-0.15, -0.1) is 0 Å². The Kier molecular flexibility index (Phi) is 4.21. The Hall–Kier alpha value is -2.88. The van der Waals surface area contributed by atoms with E-state index in [1.165, 1.54) is 11.8 Å². The second kappa shape index (κ2) is 6.32. The molecule has 0 aliphatic carbocycles. The largest absolute Gasteiger partial charge is 0.411 e. The highest BCUT2D eigenvalue weighted by molar-refractivity contribution is 6.08. The van der Waals surface area contributed by atoms with Crippen LogP contribution >= 0.6 is 0 Å². The number of benzene rings is 2. The molecular weight excluding hydrogens is 300 g/mol. The van der Waals surface area contributed by atoms with Crippen molar-refractivity contribution < 1.29 is 10.0 Å². The second-order valence-corrected chi connectivity index (χ2v) is 6.64. The lowest BCUT2D eigenvalue weighted by Gasteiger charge is -2.35. The van der Waals surface area contributed by atoms with Crippen LogP contribution in [0.1, 0.15) is 40.9 Å². The molecule has 2 N–H and O–H groups in total. The highest BCUT2D eigenvalue weighted by Crippen LogP contribution is 2.30. The normalized spacial score (nSPS) is 17.5. The van der Waals surface area contributed by atoms with Crippen molar-refractivity contribution in [2.75, 3.05) is 0 Å². The molecule has 24 heavy (non-hydrogen) atoms. The Morgan fingerprint density at radius 3 is 2.67 bits per heavy atom. The molecule has 0 saturated heterocycles. The van der Waals surface area contributed by atoms with E-state index in [9.17, 15) is 4.79 Å². The number of allylic oxidation sites excluding steroid dienone is 1. The summed E-state index contributed by atoms with van der Waals surface area (Å²) in [5, 5.41) is 15.3. The first-order valence-corrected chi connectivity index (χ1v) is 7.88. The third-order valence-corrected chi connectivity index (χ3v) is 4.07. The molecular formula is C20H20N2O2. The van der Waals surface area contributed by atoms with E-state index in [4.69, 9.17) is 5.21 Å². The molecule has 2 aromatic carbocycles. The maximum absolute atomic E-state index is 12.6. The smallest absolute Gasteiger partial charge is 0.187 e. The molecule has 4 heteroatoms. The minimum Gasteiger partial charge on any atom is -0.411 e. The van der Waals surface area contributed by atoms with Crippen LogP contribution in [-0.2, 0) is 6.42 Å². The van der Waals surface area contributed by atoms with Gasteiger partial charge in [0, 0.05) is 28.4 Å². The fourth-order valence-electron chi connectivity index (χ4n) is 3.03. The molecule has 0 radical (unpaired) electrons. The number of carbonyl (C=O) groups is 1. The van der Waals surface area contributed by atoms with Gasteiger partial charge >= 0.3 is 0 Å². The summed E-state index contributed by atoms with van der Waals surface area (Å²) in [6, 6.07) is 15.1. The maximum Gasteiger partial charge on any atom is 0.187 e. The number of rotatable bonds is 3. The van der Waals surface area contributed by atoms with Gasteiger partial charge in [0.15, 0.2) is 5.78 Å². The van der Waals surface area contributed by atoms with Crippen LogP contribution in [0.15, 0.2) is 59.8 Å². The summed E-state index contributed by atoms with van der Waals surface area (Å²) in [4.78, 5) is 12.6. The number of carbonyl (C=O) groups excluding carboxylic acids is 1. The quantitative estimate of drug-likeness (QED) is 0.298. The van der Waals surface area contributed by atoms with Gasteiger partial charge in [-0.3, -0.25) is 4.79 Å². The van der Waals surface area contributed by atoms with Crippen molar-refractivity contribution in [1.29, 1.82) is 0 Å². The first-order valence-electron chi connectivity index (χ1n) is 7.88. The van der Waals surface area contributed by atoms with Gasteiger partial charge in [-0.2, -0.15) is 0 Å². The number of ketones is 1. The van der Waals surface area contributed by atoms with Crippen molar-refractivity contribution in [1.82, 2.24) is 5.32 Å². The van der Waals surface area contributed by atoms with E-state index in [2.05, 4.69) is 24.3 Å². The van der Waals surface area contributed by atoms with E-state index in [1.54, 1.807) is 6.08 Å². The summed E-state index contributed by atoms with van der Waals surface area (Å²) in [5.41, 5.74) is 4.24. The number of nitrogens with zero attached hydrogens (tertiary/aromatic N) is 1. The van der Waals surface area contributed by atoms with E-state index in [1.807, 2.05) is 48.5 Å². The Morgan fingerprint density at radius 1 is 1.21 bits per heavy atom. The van der Waals surface area contributed by atoms with Gasteiger partial charge in [-0.05, 0) is 37.5 Å². The van der Waals surface area contributed by atoms with Crippen LogP contribution in [-0.4, -0.2) is 22.7 Å². The van der Waals surface area contributed by atoms with E-state index >= 15 is 0 Å². The summed E-state index contributed by atoms with van der Waals surface area (Å²) < 4.78 is 0. The van der Waals surface area contributed by atoms with Crippen molar-refractivity contribution in [3.63, 3.8) is 0 Å². The Labute approximate surface area is 141 Å². The number of hydrogen-bond donors (Lipinski definition) is 2. The average molecular weight is 320 g/mol. The lowest BCUT2D eigenvalue weighted by molar-refractivity contribution is 0.104. The average Bonchev–Trinajstić information content (AvgIpc) is 2.55. The van der Waals surface area contributed by atoms with Crippen molar-refractivity contribution in [3.05, 3.63) is 76.9 Å². The first kappa shape index (κ1) is 16.0. The zero-order valence-electron chi connectivity index (χ0n) is 13.8. The highest BCUT2D eigenvalue weighted by Gasteiger charge is 2.28. The predicted molar refractivity (Wildman–Crippen MR) is 95.5 cm³/mol. The Morgan fingerprint density at radius 2 is 1.96 bits per heavy atom. The zero-order chi connectivity index (χ0) is 17.2. The van der Waals surface area contributed by atoms with E-state index in [-0.39, 0.29) is 11.3 Å². The maximum atomic E-state index is 12.6. The molecule has 122 valence electrons. The van der Waals surface area contributed by atoms with Gasteiger partial charge < -0.3 is 10.5 Å². The van der Waals surface area contributed by atoms with Gasteiger partial charge in [0.2, 0.25) is 0 Å². The predicted octanol–water partition coefficient (Wildman–Crippen LogP) is 3.64. The standard InChI is InChI=1S/C20H20N2O2/c1-20(2)12-16-9-8-14(13-21-24)10-17(16)18(22-20)11-19(23)15-6-4-3-5-7-15/h3-11,13,22,24H,12H2,1-2H3/b18-11-,21-13?. The van der Waals surface area contributed by atoms with Crippen molar-refractivity contribution in [2.45, 2.75) is 25.8 Å². The SMILES string of the molecule is CC1(C)Cc2ccc(C=NO)cc2/C(=C/C(=O)c2ccccc2)N1. The molecule has 1 aliphatic heterocycles. The third kappa shape index (κ3) is 3.38. The highest BCUT2D eigenvalue weighted by atomic mass is 16.4. The van der Waals surface area contributed by atoms with Gasteiger partial charge in [0.25, 0.3) is 0 Å². The lowest BCUT2D eigenvalue weighted by atomic mass is 9.84. The summed E-state index contributed by atoms with van der Waals surface area (Å²) in [5.74, 6) is -0.0389. The van der Waals surface area contributed by atoms with Crippen molar-refractivity contribution >= 4 is 17.7 Å². The molecule has 0 saturated carbocycles. The first-order chi connectivity index (χ1) is 11.5. The van der Waals surface area contributed by atoms with Crippen molar-refractivity contribution in [2.24, 2.45) is 5.16 Å². The number of oxime groups is 1. The number of fused-ring (bicyclic) bond motifs is 1. The van der Waals surface area contributed by atoms with Crippen LogP contribution < -0.4 is 5.32 Å². The Bertz CT molecular complexity index is 821. The summed E-state index contributed by atoms with van der Waals surface area (Å²) in [6.45, 7) is 4.22. The monoisotopic (exact) mass is 320 g/mol. The second-order valence-electron chi connectivity index (χ2n) is 6.64. The molecule has 0 spiro atoms. The van der Waals surface area contributed by atoms with Gasteiger partial charge in [-0.1, -0.05) is 47.6 Å². The number of hydrogen-bond acceptors (Lipinski definition) is 4. The molecule has 4 nitrogen and oxygen atoms in total. The lowest BCUT2D eigenvalue weighted by Crippen LogP contribution is -2.43. The Balaban J connectivity index is 2.06. The minimum absolute atomic E-state index is 0.0389.